The number of rotatable bonds is 5. The van der Waals surface area contributed by atoms with Gasteiger partial charge in [-0.15, -0.1) is 0 Å². The van der Waals surface area contributed by atoms with Crippen LogP contribution >= 0.6 is 23.5 Å². The van der Waals surface area contributed by atoms with E-state index < -0.39 is 0 Å². The topological polar surface area (TPSA) is 17.0 Å². The summed E-state index contributed by atoms with van der Waals surface area (Å²) < 4.78 is 20.9. The van der Waals surface area contributed by atoms with Crippen LogP contribution < -0.4 is 4.72 Å². The maximum absolute atomic E-state index is 15.1. The van der Waals surface area contributed by atoms with Gasteiger partial charge < -0.3 is 4.57 Å². The summed E-state index contributed by atoms with van der Waals surface area (Å²) in [6.07, 6.45) is 2.15. The van der Waals surface area contributed by atoms with Crippen LogP contribution in [0.5, 0.6) is 0 Å². The predicted octanol–water partition coefficient (Wildman–Crippen LogP) is 7.68. The SMILES string of the molecule is CC(C)(C)Cn1cc(CNSC(C)(C)C)c2cc(F)c(-c3ccccc3Cl)cc21. The van der Waals surface area contributed by atoms with Gasteiger partial charge in [-0.25, -0.2) is 4.39 Å². The number of nitrogens with one attached hydrogen (secondary N) is 1. The van der Waals surface area contributed by atoms with Crippen molar-refractivity contribution in [3.63, 3.8) is 0 Å². The number of hydrogen-bond acceptors (Lipinski definition) is 2. The molecule has 0 spiro atoms. The molecule has 2 nitrogen and oxygen atoms in total. The first kappa shape index (κ1) is 22.2. The molecule has 0 saturated carbocycles. The minimum Gasteiger partial charge on any atom is -0.347 e. The molecule has 3 rings (SSSR count). The zero-order valence-corrected chi connectivity index (χ0v) is 19.6. The molecule has 5 heteroatoms. The number of halogens is 2. The van der Waals surface area contributed by atoms with Crippen molar-refractivity contribution in [3.8, 4) is 11.1 Å². The number of nitrogens with zero attached hydrogens (tertiary/aromatic N) is 1. The van der Waals surface area contributed by atoms with Crippen molar-refractivity contribution >= 4 is 34.5 Å². The Morgan fingerprint density at radius 3 is 2.34 bits per heavy atom. The van der Waals surface area contributed by atoms with Gasteiger partial charge in [0.25, 0.3) is 0 Å². The Hall–Kier alpha value is -1.49. The van der Waals surface area contributed by atoms with Gasteiger partial charge in [-0.2, -0.15) is 0 Å². The average Bonchev–Trinajstić information content (AvgIpc) is 2.89. The molecular formula is C24H30ClFN2S. The molecule has 0 aliphatic heterocycles. The lowest BCUT2D eigenvalue weighted by atomic mass is 9.96. The normalized spacial score (nSPS) is 12.7. The molecule has 1 aromatic heterocycles. The summed E-state index contributed by atoms with van der Waals surface area (Å²) in [5.41, 5.74) is 3.51. The third-order valence-electron chi connectivity index (χ3n) is 4.50. The van der Waals surface area contributed by atoms with Crippen LogP contribution in [0.3, 0.4) is 0 Å². The van der Waals surface area contributed by atoms with Gasteiger partial charge in [0.2, 0.25) is 0 Å². The summed E-state index contributed by atoms with van der Waals surface area (Å²) in [7, 11) is 0. The second-order valence-corrected chi connectivity index (χ2v) is 11.8. The highest BCUT2D eigenvalue weighted by Crippen LogP contribution is 2.35. The third kappa shape index (κ3) is 5.56. The highest BCUT2D eigenvalue weighted by atomic mass is 35.5. The molecule has 0 radical (unpaired) electrons. The van der Waals surface area contributed by atoms with Crippen LogP contribution in [0.15, 0.2) is 42.6 Å². The molecule has 2 aromatic carbocycles. The molecule has 0 aliphatic carbocycles. The van der Waals surface area contributed by atoms with Gasteiger partial charge in [-0.05, 0) is 49.9 Å². The molecule has 1 heterocycles. The van der Waals surface area contributed by atoms with E-state index >= 15 is 4.39 Å². The first-order valence-corrected chi connectivity index (χ1v) is 11.1. The van der Waals surface area contributed by atoms with Gasteiger partial charge in [-0.3, -0.25) is 4.72 Å². The molecule has 29 heavy (non-hydrogen) atoms. The van der Waals surface area contributed by atoms with E-state index in [0.717, 1.165) is 28.6 Å². The molecule has 0 saturated heterocycles. The van der Waals surface area contributed by atoms with Crippen molar-refractivity contribution in [1.29, 1.82) is 0 Å². The van der Waals surface area contributed by atoms with Crippen LogP contribution in [0, 0.1) is 11.2 Å². The van der Waals surface area contributed by atoms with Crippen LogP contribution in [0.4, 0.5) is 4.39 Å². The molecule has 0 aliphatic rings. The fraction of sp³-hybridized carbons (Fsp3) is 0.417. The van der Waals surface area contributed by atoms with E-state index in [-0.39, 0.29) is 16.0 Å². The van der Waals surface area contributed by atoms with Crippen molar-refractivity contribution in [2.24, 2.45) is 5.41 Å². The van der Waals surface area contributed by atoms with Crippen LogP contribution in [0.1, 0.15) is 47.1 Å². The maximum Gasteiger partial charge on any atom is 0.131 e. The van der Waals surface area contributed by atoms with Crippen molar-refractivity contribution in [1.82, 2.24) is 9.29 Å². The Bertz CT molecular complexity index is 1010. The molecule has 0 unspecified atom stereocenters. The predicted molar refractivity (Wildman–Crippen MR) is 126 cm³/mol. The van der Waals surface area contributed by atoms with Gasteiger partial charge in [0.05, 0.1) is 0 Å². The molecule has 156 valence electrons. The molecule has 3 aromatic rings. The van der Waals surface area contributed by atoms with Gasteiger partial charge in [0, 0.05) is 51.1 Å². The van der Waals surface area contributed by atoms with E-state index in [4.69, 9.17) is 11.6 Å². The van der Waals surface area contributed by atoms with Crippen LogP contribution in [0.2, 0.25) is 5.02 Å². The summed E-state index contributed by atoms with van der Waals surface area (Å²) in [6, 6.07) is 11.0. The second-order valence-electron chi connectivity index (χ2n) is 9.71. The fourth-order valence-corrected chi connectivity index (χ4v) is 4.28. The van der Waals surface area contributed by atoms with Gasteiger partial charge >= 0.3 is 0 Å². The summed E-state index contributed by atoms with van der Waals surface area (Å²) in [5.74, 6) is -0.246. The molecular weight excluding hydrogens is 403 g/mol. The lowest BCUT2D eigenvalue weighted by molar-refractivity contribution is 0.349. The smallest absolute Gasteiger partial charge is 0.131 e. The molecule has 0 fully saturated rings. The lowest BCUT2D eigenvalue weighted by Crippen LogP contribution is -2.16. The maximum atomic E-state index is 15.1. The van der Waals surface area contributed by atoms with Crippen molar-refractivity contribution < 1.29 is 4.39 Å². The van der Waals surface area contributed by atoms with E-state index in [1.165, 1.54) is 0 Å². The third-order valence-corrected chi connectivity index (χ3v) is 5.73. The Kier molecular flexibility index (Phi) is 6.38. The van der Waals surface area contributed by atoms with E-state index in [1.807, 2.05) is 24.3 Å². The zero-order valence-electron chi connectivity index (χ0n) is 18.1. The quantitative estimate of drug-likeness (QED) is 0.416. The Balaban J connectivity index is 2.09. The van der Waals surface area contributed by atoms with E-state index in [2.05, 4.69) is 57.0 Å². The van der Waals surface area contributed by atoms with E-state index in [9.17, 15) is 0 Å². The first-order valence-electron chi connectivity index (χ1n) is 9.92. The summed E-state index contributed by atoms with van der Waals surface area (Å²) >= 11 is 8.05. The monoisotopic (exact) mass is 432 g/mol. The highest BCUT2D eigenvalue weighted by Gasteiger charge is 2.19. The molecule has 1 N–H and O–H groups in total. The van der Waals surface area contributed by atoms with Crippen LogP contribution in [-0.4, -0.2) is 9.31 Å². The largest absolute Gasteiger partial charge is 0.347 e. The Morgan fingerprint density at radius 1 is 1.03 bits per heavy atom. The zero-order chi connectivity index (χ0) is 21.4. The second kappa shape index (κ2) is 8.33. The van der Waals surface area contributed by atoms with E-state index in [0.29, 0.717) is 17.1 Å². The number of aromatic nitrogens is 1. The van der Waals surface area contributed by atoms with Crippen molar-refractivity contribution in [2.45, 2.75) is 59.4 Å². The van der Waals surface area contributed by atoms with Crippen LogP contribution in [0.25, 0.3) is 22.0 Å². The molecule has 0 amide bonds. The molecule has 0 atom stereocenters. The van der Waals surface area contributed by atoms with Crippen LogP contribution in [-0.2, 0) is 13.1 Å². The average molecular weight is 433 g/mol. The van der Waals surface area contributed by atoms with E-state index in [1.54, 1.807) is 24.1 Å². The number of fused-ring (bicyclic) bond motifs is 1. The van der Waals surface area contributed by atoms with Gasteiger partial charge in [0.15, 0.2) is 0 Å². The summed E-state index contributed by atoms with van der Waals surface area (Å²) in [4.78, 5) is 0. The fourth-order valence-electron chi connectivity index (χ4n) is 3.38. The minimum atomic E-state index is -0.246. The first-order chi connectivity index (χ1) is 13.4. The summed E-state index contributed by atoms with van der Waals surface area (Å²) in [5, 5.41) is 1.51. The molecule has 0 bridgehead atoms. The number of benzene rings is 2. The Morgan fingerprint density at radius 2 is 1.72 bits per heavy atom. The van der Waals surface area contributed by atoms with Gasteiger partial charge in [0.1, 0.15) is 5.82 Å². The standard InChI is InChI=1S/C24H30ClFN2S/c1-23(2,3)15-28-14-16(13-27-29-24(4,5)6)18-11-21(26)19(12-22(18)28)17-9-7-8-10-20(17)25/h7-12,14,27H,13,15H2,1-6H3. The van der Waals surface area contributed by atoms with Crippen molar-refractivity contribution in [3.05, 3.63) is 59.0 Å². The lowest BCUT2D eigenvalue weighted by Gasteiger charge is -2.20. The minimum absolute atomic E-state index is 0.107. The highest BCUT2D eigenvalue weighted by molar-refractivity contribution is 7.98. The van der Waals surface area contributed by atoms with Gasteiger partial charge in [-0.1, -0.05) is 62.5 Å². The number of hydrogen-bond donors (Lipinski definition) is 1. The van der Waals surface area contributed by atoms with Crippen molar-refractivity contribution in [2.75, 3.05) is 0 Å². The Labute approximate surface area is 183 Å². The summed E-state index contributed by atoms with van der Waals surface area (Å²) in [6.45, 7) is 14.7.